The van der Waals surface area contributed by atoms with Crippen LogP contribution in [0.25, 0.3) is 5.95 Å². The number of aryl methyl sites for hydroxylation is 1. The molecule has 0 saturated heterocycles. The fraction of sp³-hybridized carbons (Fsp3) is 0.310. The Bertz CT molecular complexity index is 1390. The molecule has 10 heteroatoms. The quantitative estimate of drug-likeness (QED) is 0.255. The van der Waals surface area contributed by atoms with Crippen LogP contribution in [0.2, 0.25) is 0 Å². The van der Waals surface area contributed by atoms with Gasteiger partial charge in [0, 0.05) is 42.8 Å². The van der Waals surface area contributed by atoms with Crippen molar-refractivity contribution in [2.75, 3.05) is 25.2 Å². The highest BCUT2D eigenvalue weighted by molar-refractivity contribution is 5.80. The Morgan fingerprint density at radius 1 is 1.08 bits per heavy atom. The minimum Gasteiger partial charge on any atom is -0.454 e. The van der Waals surface area contributed by atoms with Crippen LogP contribution in [0.3, 0.4) is 0 Å². The molecule has 0 bridgehead atoms. The summed E-state index contributed by atoms with van der Waals surface area (Å²) in [7, 11) is 0. The first-order valence-electron chi connectivity index (χ1n) is 13.1. The number of hydrogen-bond acceptors (Lipinski definition) is 8. The third-order valence-corrected chi connectivity index (χ3v) is 6.60. The van der Waals surface area contributed by atoms with Gasteiger partial charge in [-0.25, -0.2) is 9.97 Å². The molecular formula is C29H33N7O3. The first kappa shape index (κ1) is 26.2. The van der Waals surface area contributed by atoms with Gasteiger partial charge < -0.3 is 25.4 Å². The van der Waals surface area contributed by atoms with E-state index in [-0.39, 0.29) is 25.3 Å². The molecular weight excluding hydrogens is 494 g/mol. The molecule has 0 aliphatic carbocycles. The first-order valence-corrected chi connectivity index (χ1v) is 13.1. The van der Waals surface area contributed by atoms with Gasteiger partial charge in [0.15, 0.2) is 11.5 Å². The van der Waals surface area contributed by atoms with Crippen molar-refractivity contribution in [3.8, 4) is 17.4 Å². The van der Waals surface area contributed by atoms with E-state index in [1.54, 1.807) is 23.3 Å². The summed E-state index contributed by atoms with van der Waals surface area (Å²) in [5.41, 5.74) is 4.06. The third-order valence-electron chi connectivity index (χ3n) is 6.60. The number of fused-ring (bicyclic) bond motifs is 1. The second-order valence-corrected chi connectivity index (χ2v) is 9.31. The summed E-state index contributed by atoms with van der Waals surface area (Å²) >= 11 is 0. The van der Waals surface area contributed by atoms with Gasteiger partial charge in [-0.1, -0.05) is 43.3 Å². The fourth-order valence-corrected chi connectivity index (χ4v) is 4.57. The van der Waals surface area contributed by atoms with Gasteiger partial charge in [-0.15, -0.1) is 0 Å². The summed E-state index contributed by atoms with van der Waals surface area (Å²) in [5, 5.41) is 9.90. The van der Waals surface area contributed by atoms with Crippen molar-refractivity contribution < 1.29 is 14.3 Å². The van der Waals surface area contributed by atoms with Crippen molar-refractivity contribution >= 4 is 11.7 Å². The van der Waals surface area contributed by atoms with Gasteiger partial charge in [0.25, 0.3) is 0 Å². The molecule has 2 aromatic carbocycles. The lowest BCUT2D eigenvalue weighted by Gasteiger charge is -2.23. The number of imidazole rings is 1. The van der Waals surface area contributed by atoms with Crippen LogP contribution in [0, 0.1) is 6.92 Å². The van der Waals surface area contributed by atoms with Gasteiger partial charge in [0.1, 0.15) is 12.1 Å². The number of nitrogens with one attached hydrogen (secondary N) is 3. The van der Waals surface area contributed by atoms with Crippen LogP contribution in [0.15, 0.2) is 67.3 Å². The number of anilines is 1. The number of amides is 1. The van der Waals surface area contributed by atoms with Crippen LogP contribution in [0.4, 0.5) is 5.82 Å². The molecule has 5 rings (SSSR count). The molecule has 3 heterocycles. The zero-order valence-corrected chi connectivity index (χ0v) is 22.2. The van der Waals surface area contributed by atoms with Gasteiger partial charge in [-0.2, -0.15) is 4.98 Å². The van der Waals surface area contributed by atoms with Crippen molar-refractivity contribution in [1.82, 2.24) is 30.2 Å². The maximum atomic E-state index is 12.8. The number of hydrogen-bond donors (Lipinski definition) is 3. The van der Waals surface area contributed by atoms with Crippen LogP contribution in [-0.4, -0.2) is 45.3 Å². The molecule has 202 valence electrons. The SMILES string of the molecule is CCC(NCc1ccccc1)c1c(C)nc(-n2ccnc2)nc1NCC(=O)NCCc1ccc2c(c1)OCO2. The highest BCUT2D eigenvalue weighted by Crippen LogP contribution is 2.32. The molecule has 2 aromatic heterocycles. The summed E-state index contributed by atoms with van der Waals surface area (Å²) in [5.74, 6) is 2.50. The van der Waals surface area contributed by atoms with E-state index in [0.717, 1.165) is 34.7 Å². The molecule has 0 saturated carbocycles. The number of aromatic nitrogens is 4. The molecule has 0 fully saturated rings. The smallest absolute Gasteiger partial charge is 0.239 e. The number of carbonyl (C=O) groups is 1. The van der Waals surface area contributed by atoms with E-state index < -0.39 is 0 Å². The van der Waals surface area contributed by atoms with Crippen LogP contribution >= 0.6 is 0 Å². The monoisotopic (exact) mass is 527 g/mol. The van der Waals surface area contributed by atoms with E-state index in [4.69, 9.17) is 19.4 Å². The van der Waals surface area contributed by atoms with Gasteiger partial charge in [-0.3, -0.25) is 9.36 Å². The molecule has 4 aromatic rings. The highest BCUT2D eigenvalue weighted by Gasteiger charge is 2.21. The average molecular weight is 528 g/mol. The summed E-state index contributed by atoms with van der Waals surface area (Å²) in [6.07, 6.45) is 6.66. The lowest BCUT2D eigenvalue weighted by molar-refractivity contribution is -0.119. The Labute approximate surface area is 227 Å². The molecule has 10 nitrogen and oxygen atoms in total. The van der Waals surface area contributed by atoms with Crippen LogP contribution in [0.5, 0.6) is 11.5 Å². The van der Waals surface area contributed by atoms with E-state index in [0.29, 0.717) is 31.3 Å². The maximum absolute atomic E-state index is 12.8. The lowest BCUT2D eigenvalue weighted by Crippen LogP contribution is -2.32. The van der Waals surface area contributed by atoms with E-state index >= 15 is 0 Å². The maximum Gasteiger partial charge on any atom is 0.239 e. The number of benzene rings is 2. The van der Waals surface area contributed by atoms with Gasteiger partial charge in [0.2, 0.25) is 18.6 Å². The fourth-order valence-electron chi connectivity index (χ4n) is 4.57. The topological polar surface area (TPSA) is 115 Å². The summed E-state index contributed by atoms with van der Waals surface area (Å²) < 4.78 is 12.6. The number of ether oxygens (including phenoxy) is 2. The predicted molar refractivity (Wildman–Crippen MR) is 148 cm³/mol. The second kappa shape index (κ2) is 12.4. The molecule has 39 heavy (non-hydrogen) atoms. The number of rotatable bonds is 12. The Balaban J connectivity index is 1.26. The van der Waals surface area contributed by atoms with Crippen LogP contribution < -0.4 is 25.4 Å². The van der Waals surface area contributed by atoms with E-state index in [1.807, 2.05) is 43.3 Å². The first-order chi connectivity index (χ1) is 19.1. The Hall–Kier alpha value is -4.44. The van der Waals surface area contributed by atoms with E-state index in [9.17, 15) is 4.79 Å². The Morgan fingerprint density at radius 2 is 1.92 bits per heavy atom. The highest BCUT2D eigenvalue weighted by atomic mass is 16.7. The van der Waals surface area contributed by atoms with Crippen molar-refractivity contribution in [2.45, 2.75) is 39.3 Å². The van der Waals surface area contributed by atoms with Crippen molar-refractivity contribution in [2.24, 2.45) is 0 Å². The third kappa shape index (κ3) is 6.53. The van der Waals surface area contributed by atoms with E-state index in [1.165, 1.54) is 5.56 Å². The molecule has 0 spiro atoms. The van der Waals surface area contributed by atoms with Crippen LogP contribution in [0.1, 0.15) is 41.8 Å². The van der Waals surface area contributed by atoms with Crippen LogP contribution in [-0.2, 0) is 17.8 Å². The number of nitrogens with zero attached hydrogens (tertiary/aromatic N) is 4. The van der Waals surface area contributed by atoms with Crippen molar-refractivity contribution in [1.29, 1.82) is 0 Å². The average Bonchev–Trinajstić information content (AvgIpc) is 3.66. The second-order valence-electron chi connectivity index (χ2n) is 9.31. The normalized spacial score (nSPS) is 12.8. The summed E-state index contributed by atoms with van der Waals surface area (Å²) in [6, 6.07) is 16.1. The standard InChI is InChI=1S/C29H33N7O3/c1-3-23(32-16-22-7-5-4-6-8-22)27-20(2)34-29(36-14-13-30-18-36)35-28(27)33-17-26(37)31-12-11-21-9-10-24-25(15-21)39-19-38-24/h4-10,13-15,18,23,32H,3,11-12,16-17,19H2,1-2H3,(H,31,37)(H,33,34,35). The Morgan fingerprint density at radius 3 is 2.72 bits per heavy atom. The summed E-state index contributed by atoms with van der Waals surface area (Å²) in [6.45, 7) is 5.64. The lowest BCUT2D eigenvalue weighted by atomic mass is 10.0. The molecule has 1 aliphatic rings. The summed E-state index contributed by atoms with van der Waals surface area (Å²) in [4.78, 5) is 26.4. The number of carbonyl (C=O) groups excluding carboxylic acids is 1. The molecule has 1 atom stereocenters. The minimum atomic E-state index is -0.118. The predicted octanol–water partition coefficient (Wildman–Crippen LogP) is 3.71. The molecule has 1 unspecified atom stereocenters. The largest absolute Gasteiger partial charge is 0.454 e. The van der Waals surface area contributed by atoms with Crippen molar-refractivity contribution in [3.05, 3.63) is 89.6 Å². The Kier molecular flexibility index (Phi) is 8.33. The zero-order chi connectivity index (χ0) is 27.0. The molecule has 3 N–H and O–H groups in total. The van der Waals surface area contributed by atoms with E-state index in [2.05, 4.69) is 40.0 Å². The zero-order valence-electron chi connectivity index (χ0n) is 22.2. The van der Waals surface area contributed by atoms with Gasteiger partial charge in [-0.05, 0) is 43.0 Å². The molecule has 1 amide bonds. The van der Waals surface area contributed by atoms with Gasteiger partial charge in [0.05, 0.1) is 6.54 Å². The molecule has 0 radical (unpaired) electrons. The molecule has 1 aliphatic heterocycles. The van der Waals surface area contributed by atoms with Crippen molar-refractivity contribution in [3.63, 3.8) is 0 Å². The van der Waals surface area contributed by atoms with Gasteiger partial charge >= 0.3 is 0 Å². The minimum absolute atomic E-state index is 0.00129.